The first-order valence-corrected chi connectivity index (χ1v) is 11.5. The number of anilines is 1. The number of nitriles is 1. The third-order valence-corrected chi connectivity index (χ3v) is 6.24. The van der Waals surface area contributed by atoms with E-state index in [-0.39, 0.29) is 11.8 Å². The van der Waals surface area contributed by atoms with Crippen LogP contribution in [0, 0.1) is 11.3 Å². The van der Waals surface area contributed by atoms with Crippen molar-refractivity contribution >= 4 is 28.3 Å². The molecule has 1 saturated heterocycles. The first kappa shape index (κ1) is 22.3. The minimum absolute atomic E-state index is 0.193. The molecule has 4 aromatic rings. The molecule has 9 heteroatoms. The second kappa shape index (κ2) is 9.77. The maximum atomic E-state index is 9.86. The summed E-state index contributed by atoms with van der Waals surface area (Å²) in [7, 11) is 2.05. The molecule has 1 atom stereocenters. The van der Waals surface area contributed by atoms with E-state index in [2.05, 4.69) is 26.5 Å². The summed E-state index contributed by atoms with van der Waals surface area (Å²) in [6.07, 6.45) is 3.72. The Kier molecular flexibility index (Phi) is 6.41. The molecule has 1 aliphatic heterocycles. The molecule has 3 heterocycles. The van der Waals surface area contributed by atoms with Crippen LogP contribution in [-0.2, 0) is 4.74 Å². The van der Waals surface area contributed by atoms with E-state index >= 15 is 0 Å². The van der Waals surface area contributed by atoms with Crippen LogP contribution in [0.25, 0.3) is 33.4 Å². The summed E-state index contributed by atoms with van der Waals surface area (Å²) in [6.45, 7) is 2.30. The fraction of sp³-hybridized carbons (Fsp3) is 0.280. The van der Waals surface area contributed by atoms with Crippen LogP contribution in [0.3, 0.4) is 0 Å². The first-order valence-electron chi connectivity index (χ1n) is 11.2. The molecule has 1 fully saturated rings. The van der Waals surface area contributed by atoms with E-state index in [1.807, 2.05) is 49.5 Å². The average molecular weight is 474 g/mol. The summed E-state index contributed by atoms with van der Waals surface area (Å²) in [6, 6.07) is 15.8. The van der Waals surface area contributed by atoms with Crippen molar-refractivity contribution in [2.75, 3.05) is 32.2 Å². The van der Waals surface area contributed by atoms with Crippen molar-refractivity contribution in [3.63, 3.8) is 0 Å². The maximum Gasteiger partial charge on any atom is 0.183 e. The molecule has 0 saturated carbocycles. The Labute approximate surface area is 202 Å². The Hall–Kier alpha value is -3.51. The monoisotopic (exact) mass is 473 g/mol. The van der Waals surface area contributed by atoms with Crippen molar-refractivity contribution < 1.29 is 4.74 Å². The van der Waals surface area contributed by atoms with Crippen LogP contribution < -0.4 is 5.32 Å². The van der Waals surface area contributed by atoms with Crippen LogP contribution in [0.2, 0.25) is 5.02 Å². The zero-order valence-electron chi connectivity index (χ0n) is 18.8. The molecule has 0 spiro atoms. The lowest BCUT2D eigenvalue weighted by atomic mass is 10.0. The van der Waals surface area contributed by atoms with E-state index in [0.29, 0.717) is 35.5 Å². The van der Waals surface area contributed by atoms with Gasteiger partial charge in [0.05, 0.1) is 41.0 Å². The fourth-order valence-electron chi connectivity index (χ4n) is 4.11. The highest BCUT2D eigenvalue weighted by molar-refractivity contribution is 6.35. The summed E-state index contributed by atoms with van der Waals surface area (Å²) in [4.78, 5) is 11.8. The molecule has 2 aromatic carbocycles. The van der Waals surface area contributed by atoms with E-state index in [4.69, 9.17) is 26.3 Å². The van der Waals surface area contributed by atoms with Crippen LogP contribution in [-0.4, -0.2) is 58.0 Å². The van der Waals surface area contributed by atoms with E-state index in [0.717, 1.165) is 41.4 Å². The average Bonchev–Trinajstić information content (AvgIpc) is 3.35. The quantitative estimate of drug-likeness (QED) is 0.418. The number of aromatic amines is 1. The third kappa shape index (κ3) is 4.59. The molecule has 2 N–H and O–H groups in total. The Morgan fingerprint density at radius 3 is 2.79 bits per heavy atom. The lowest BCUT2D eigenvalue weighted by molar-refractivity contribution is -0.0590. The minimum Gasteiger partial charge on any atom is -0.368 e. The van der Waals surface area contributed by atoms with Crippen molar-refractivity contribution in [2.45, 2.75) is 18.9 Å². The second-order valence-electron chi connectivity index (χ2n) is 8.39. The van der Waals surface area contributed by atoms with Gasteiger partial charge in [0, 0.05) is 29.6 Å². The van der Waals surface area contributed by atoms with Gasteiger partial charge in [0.15, 0.2) is 11.5 Å². The summed E-state index contributed by atoms with van der Waals surface area (Å²) in [5, 5.41) is 21.6. The summed E-state index contributed by atoms with van der Waals surface area (Å²) in [5.74, 6) is 0.466. The van der Waals surface area contributed by atoms with E-state index in [9.17, 15) is 5.26 Å². The number of rotatable bonds is 6. The zero-order valence-corrected chi connectivity index (χ0v) is 19.5. The first-order chi connectivity index (χ1) is 16.6. The van der Waals surface area contributed by atoms with Gasteiger partial charge in [0.1, 0.15) is 6.07 Å². The lowest BCUT2D eigenvalue weighted by Crippen LogP contribution is -2.36. The highest BCUT2D eigenvalue weighted by Gasteiger charge is 2.20. The summed E-state index contributed by atoms with van der Waals surface area (Å²) >= 11 is 6.50. The van der Waals surface area contributed by atoms with Crippen LogP contribution in [0.15, 0.2) is 48.7 Å². The van der Waals surface area contributed by atoms with Gasteiger partial charge in [0.25, 0.3) is 0 Å². The Balaban J connectivity index is 1.50. The topological polar surface area (TPSA) is 103 Å². The number of nitrogens with zero attached hydrogens (tertiary/aromatic N) is 5. The lowest BCUT2D eigenvalue weighted by Gasteiger charge is -2.29. The normalized spacial score (nSPS) is 16.4. The van der Waals surface area contributed by atoms with E-state index in [1.54, 1.807) is 6.20 Å². The van der Waals surface area contributed by atoms with E-state index < -0.39 is 0 Å². The Morgan fingerprint density at radius 2 is 2.03 bits per heavy atom. The van der Waals surface area contributed by atoms with Crippen LogP contribution in [0.5, 0.6) is 0 Å². The number of hydrogen-bond acceptors (Lipinski definition) is 7. The van der Waals surface area contributed by atoms with Crippen molar-refractivity contribution in [1.29, 1.82) is 5.26 Å². The number of ether oxygens (including phenoxy) is 1. The number of benzene rings is 2. The van der Waals surface area contributed by atoms with Crippen molar-refractivity contribution in [1.82, 2.24) is 25.1 Å². The van der Waals surface area contributed by atoms with Crippen LogP contribution >= 0.6 is 11.6 Å². The molecular formula is C25H24ClN7O. The van der Waals surface area contributed by atoms with Crippen molar-refractivity contribution in [3.8, 4) is 28.6 Å². The molecule has 34 heavy (non-hydrogen) atoms. The smallest absolute Gasteiger partial charge is 0.183 e. The minimum atomic E-state index is 0.193. The van der Waals surface area contributed by atoms with Gasteiger partial charge < -0.3 is 10.1 Å². The number of hydrogen-bond donors (Lipinski definition) is 2. The third-order valence-electron chi connectivity index (χ3n) is 5.95. The van der Waals surface area contributed by atoms with Gasteiger partial charge in [-0.1, -0.05) is 41.9 Å². The predicted molar refractivity (Wildman–Crippen MR) is 132 cm³/mol. The molecule has 0 aliphatic carbocycles. The summed E-state index contributed by atoms with van der Waals surface area (Å²) in [5.41, 5.74) is 3.94. The molecule has 5 rings (SSSR count). The molecule has 1 unspecified atom stereocenters. The SMILES string of the molecule is CN1CCC(CCNc2nc(-c3ccccc3)c(-c3cc(Cl)c4[nH]ncc4c3)nc2C#N)OC1. The molecule has 0 radical (unpaired) electrons. The molecule has 0 amide bonds. The van der Waals surface area contributed by atoms with Crippen molar-refractivity contribution in [2.24, 2.45) is 0 Å². The Bertz CT molecular complexity index is 1340. The number of fused-ring (bicyclic) bond motifs is 1. The van der Waals surface area contributed by atoms with Gasteiger partial charge in [-0.15, -0.1) is 0 Å². The molecule has 0 bridgehead atoms. The molecule has 2 aromatic heterocycles. The van der Waals surface area contributed by atoms with Crippen LogP contribution in [0.1, 0.15) is 18.5 Å². The molecule has 172 valence electrons. The highest BCUT2D eigenvalue weighted by atomic mass is 35.5. The largest absolute Gasteiger partial charge is 0.368 e. The maximum absolute atomic E-state index is 9.86. The predicted octanol–water partition coefficient (Wildman–Crippen LogP) is 4.69. The van der Waals surface area contributed by atoms with Gasteiger partial charge in [0.2, 0.25) is 0 Å². The number of aromatic nitrogens is 4. The second-order valence-corrected chi connectivity index (χ2v) is 8.80. The van der Waals surface area contributed by atoms with Gasteiger partial charge in [-0.2, -0.15) is 10.4 Å². The van der Waals surface area contributed by atoms with Crippen molar-refractivity contribution in [3.05, 3.63) is 59.4 Å². The van der Waals surface area contributed by atoms with E-state index in [1.165, 1.54) is 0 Å². The standard InChI is InChI=1S/C25H24ClN7O/c1-33-10-8-19(34-15-33)7-9-28-25-21(13-27)30-24(23(31-25)16-5-3-2-4-6-16)17-11-18-14-29-32-22(18)20(26)12-17/h2-6,11-12,14,19H,7-10,15H2,1H3,(H,28,31)(H,29,32). The fourth-order valence-corrected chi connectivity index (χ4v) is 4.38. The van der Waals surface area contributed by atoms with Crippen LogP contribution in [0.4, 0.5) is 5.82 Å². The van der Waals surface area contributed by atoms with Gasteiger partial charge >= 0.3 is 0 Å². The number of halogens is 1. The zero-order chi connectivity index (χ0) is 23.5. The molecule has 1 aliphatic rings. The van der Waals surface area contributed by atoms with Gasteiger partial charge in [-0.3, -0.25) is 10.00 Å². The summed E-state index contributed by atoms with van der Waals surface area (Å²) < 4.78 is 5.86. The Morgan fingerprint density at radius 1 is 1.21 bits per heavy atom. The molecule has 8 nitrogen and oxygen atoms in total. The number of H-pyrrole nitrogens is 1. The molecular weight excluding hydrogens is 450 g/mol. The van der Waals surface area contributed by atoms with Gasteiger partial charge in [-0.25, -0.2) is 9.97 Å². The highest BCUT2D eigenvalue weighted by Crippen LogP contribution is 2.35. The van der Waals surface area contributed by atoms with Gasteiger partial charge in [-0.05, 0) is 32.0 Å². The number of nitrogens with one attached hydrogen (secondary N) is 2.